The second-order valence-corrected chi connectivity index (χ2v) is 4.89. The summed E-state index contributed by atoms with van der Waals surface area (Å²) in [6.07, 6.45) is 2.04. The molecule has 92 valence electrons. The number of likely N-dealkylation sites (tertiary alicyclic amines) is 1. The van der Waals surface area contributed by atoms with Gasteiger partial charge in [-0.25, -0.2) is 0 Å². The fourth-order valence-electron chi connectivity index (χ4n) is 2.84. The number of amides is 1. The predicted octanol–water partition coefficient (Wildman–Crippen LogP) is 1.77. The van der Waals surface area contributed by atoms with Crippen LogP contribution in [0.4, 0.5) is 0 Å². The van der Waals surface area contributed by atoms with Gasteiger partial charge in [-0.15, -0.1) is 12.4 Å². The van der Waals surface area contributed by atoms with E-state index in [2.05, 4.69) is 23.3 Å². The van der Waals surface area contributed by atoms with Crippen molar-refractivity contribution >= 4 is 18.3 Å². The number of rotatable bonds is 0. The van der Waals surface area contributed by atoms with Crippen molar-refractivity contribution in [1.82, 2.24) is 10.2 Å². The molecule has 2 aliphatic rings. The van der Waals surface area contributed by atoms with Gasteiger partial charge in [0.1, 0.15) is 0 Å². The average Bonchev–Trinajstić information content (AvgIpc) is 2.58. The monoisotopic (exact) mass is 252 g/mol. The summed E-state index contributed by atoms with van der Waals surface area (Å²) in [4.78, 5) is 14.2. The van der Waals surface area contributed by atoms with Crippen LogP contribution in [-0.4, -0.2) is 30.9 Å². The number of benzene rings is 1. The lowest BCUT2D eigenvalue weighted by Crippen LogP contribution is -2.48. The minimum Gasteiger partial charge on any atom is -0.342 e. The molecule has 3 nitrogen and oxygen atoms in total. The number of nitrogens with one attached hydrogen (secondary N) is 1. The number of carbonyl (C=O) groups excluding carboxylic acids is 1. The third kappa shape index (κ3) is 1.83. The fraction of sp³-hybridized carbons (Fsp3) is 0.462. The molecule has 1 saturated heterocycles. The number of nitrogens with zero attached hydrogens (tertiary/aromatic N) is 1. The first-order valence-electron chi connectivity index (χ1n) is 5.82. The van der Waals surface area contributed by atoms with E-state index in [9.17, 15) is 4.79 Å². The third-order valence-electron chi connectivity index (χ3n) is 3.88. The molecule has 17 heavy (non-hydrogen) atoms. The van der Waals surface area contributed by atoms with Crippen LogP contribution in [0, 0.1) is 0 Å². The molecule has 1 amide bonds. The maximum absolute atomic E-state index is 11.9. The molecule has 0 bridgehead atoms. The number of halogens is 1. The van der Waals surface area contributed by atoms with Crippen molar-refractivity contribution in [3.63, 3.8) is 0 Å². The molecule has 1 fully saturated rings. The van der Waals surface area contributed by atoms with E-state index in [0.29, 0.717) is 0 Å². The molecule has 0 unspecified atom stereocenters. The molecular weight excluding hydrogens is 236 g/mol. The van der Waals surface area contributed by atoms with Crippen molar-refractivity contribution in [1.29, 1.82) is 0 Å². The topological polar surface area (TPSA) is 32.3 Å². The van der Waals surface area contributed by atoms with Gasteiger partial charge in [0.15, 0.2) is 0 Å². The first kappa shape index (κ1) is 12.4. The van der Waals surface area contributed by atoms with Gasteiger partial charge in [0.05, 0.1) is 5.54 Å². The Morgan fingerprint density at radius 3 is 2.59 bits per heavy atom. The Hall–Kier alpha value is -1.06. The van der Waals surface area contributed by atoms with E-state index < -0.39 is 0 Å². The second-order valence-electron chi connectivity index (χ2n) is 4.89. The Balaban J connectivity index is 0.00000108. The summed E-state index contributed by atoms with van der Waals surface area (Å²) in [5.41, 5.74) is 1.99. The quantitative estimate of drug-likeness (QED) is 0.763. The highest BCUT2D eigenvalue weighted by molar-refractivity contribution is 6.00. The zero-order valence-corrected chi connectivity index (χ0v) is 10.7. The van der Waals surface area contributed by atoms with Gasteiger partial charge < -0.3 is 10.2 Å². The van der Waals surface area contributed by atoms with Crippen LogP contribution in [0.1, 0.15) is 28.8 Å². The molecule has 1 spiro atoms. The van der Waals surface area contributed by atoms with Gasteiger partial charge >= 0.3 is 0 Å². The minimum absolute atomic E-state index is 0. The zero-order valence-electron chi connectivity index (χ0n) is 9.90. The normalized spacial score (nSPS) is 21.8. The van der Waals surface area contributed by atoms with Gasteiger partial charge in [0.2, 0.25) is 0 Å². The number of hydrogen-bond donors (Lipinski definition) is 1. The largest absolute Gasteiger partial charge is 0.342 e. The summed E-state index contributed by atoms with van der Waals surface area (Å²) in [5.74, 6) is 0.0974. The van der Waals surface area contributed by atoms with Gasteiger partial charge in [0.25, 0.3) is 5.91 Å². The van der Waals surface area contributed by atoms with Crippen LogP contribution in [0.15, 0.2) is 24.3 Å². The Kier molecular flexibility index (Phi) is 3.15. The summed E-state index contributed by atoms with van der Waals surface area (Å²) in [6, 6.07) is 7.99. The second kappa shape index (κ2) is 4.31. The van der Waals surface area contributed by atoms with E-state index in [1.807, 2.05) is 18.2 Å². The van der Waals surface area contributed by atoms with Crippen LogP contribution in [0.5, 0.6) is 0 Å². The average molecular weight is 253 g/mol. The predicted molar refractivity (Wildman–Crippen MR) is 69.6 cm³/mol. The molecule has 0 atom stereocenters. The highest BCUT2D eigenvalue weighted by atomic mass is 35.5. The number of hydrogen-bond acceptors (Lipinski definition) is 2. The van der Waals surface area contributed by atoms with Crippen molar-refractivity contribution in [2.24, 2.45) is 0 Å². The molecule has 3 rings (SSSR count). The van der Waals surface area contributed by atoms with E-state index in [-0.39, 0.29) is 23.9 Å². The maximum atomic E-state index is 11.9. The van der Waals surface area contributed by atoms with Gasteiger partial charge in [-0.1, -0.05) is 18.2 Å². The first-order valence-corrected chi connectivity index (χ1v) is 5.82. The van der Waals surface area contributed by atoms with Crippen LogP contribution in [0.25, 0.3) is 0 Å². The summed E-state index contributed by atoms with van der Waals surface area (Å²) >= 11 is 0. The van der Waals surface area contributed by atoms with E-state index in [4.69, 9.17) is 0 Å². The van der Waals surface area contributed by atoms with Gasteiger partial charge in [-0.05, 0) is 31.5 Å². The molecule has 1 N–H and O–H groups in total. The number of fused-ring (bicyclic) bond motifs is 2. The number of piperidine rings is 1. The van der Waals surface area contributed by atoms with Crippen LogP contribution >= 0.6 is 12.4 Å². The molecule has 2 heterocycles. The minimum atomic E-state index is -0.0831. The van der Waals surface area contributed by atoms with Crippen molar-refractivity contribution in [2.45, 2.75) is 18.4 Å². The highest BCUT2D eigenvalue weighted by Gasteiger charge is 2.43. The molecule has 1 aromatic rings. The standard InChI is InChI=1S/C13H16N2O.ClH/c1-15-8-6-13(7-9-15)11-5-3-2-4-10(11)12(16)14-13;/h2-5H,6-9H2,1H3,(H,14,16);1H. The summed E-state index contributed by atoms with van der Waals surface area (Å²) in [6.45, 7) is 2.10. The SMILES string of the molecule is CN1CCC2(CC1)NC(=O)c1ccccc12.Cl. The van der Waals surface area contributed by atoms with Crippen LogP contribution < -0.4 is 5.32 Å². The molecular formula is C13H17ClN2O. The van der Waals surface area contributed by atoms with Crippen LogP contribution in [0.3, 0.4) is 0 Å². The third-order valence-corrected chi connectivity index (χ3v) is 3.88. The Morgan fingerprint density at radius 2 is 1.88 bits per heavy atom. The number of carbonyl (C=O) groups is 1. The van der Waals surface area contributed by atoms with Gasteiger partial charge in [0, 0.05) is 18.7 Å². The van der Waals surface area contributed by atoms with Crippen molar-refractivity contribution in [3.8, 4) is 0 Å². The van der Waals surface area contributed by atoms with E-state index in [1.54, 1.807) is 0 Å². The molecule has 0 radical (unpaired) electrons. The zero-order chi connectivity index (χ0) is 11.2. The van der Waals surface area contributed by atoms with Crippen molar-refractivity contribution in [3.05, 3.63) is 35.4 Å². The van der Waals surface area contributed by atoms with E-state index >= 15 is 0 Å². The fourth-order valence-corrected chi connectivity index (χ4v) is 2.84. The molecule has 1 aromatic carbocycles. The van der Waals surface area contributed by atoms with E-state index in [1.165, 1.54) is 5.56 Å². The van der Waals surface area contributed by atoms with Gasteiger partial charge in [-0.3, -0.25) is 4.79 Å². The van der Waals surface area contributed by atoms with E-state index in [0.717, 1.165) is 31.5 Å². The summed E-state index contributed by atoms with van der Waals surface area (Å²) < 4.78 is 0. The molecule has 4 heteroatoms. The maximum Gasteiger partial charge on any atom is 0.252 e. The Morgan fingerprint density at radius 1 is 1.24 bits per heavy atom. The van der Waals surface area contributed by atoms with Crippen LogP contribution in [0.2, 0.25) is 0 Å². The molecule has 0 saturated carbocycles. The molecule has 2 aliphatic heterocycles. The van der Waals surface area contributed by atoms with Crippen molar-refractivity contribution in [2.75, 3.05) is 20.1 Å². The highest BCUT2D eigenvalue weighted by Crippen LogP contribution is 2.38. The smallest absolute Gasteiger partial charge is 0.252 e. The van der Waals surface area contributed by atoms with Gasteiger partial charge in [-0.2, -0.15) is 0 Å². The van der Waals surface area contributed by atoms with Crippen LogP contribution in [-0.2, 0) is 5.54 Å². The summed E-state index contributed by atoms with van der Waals surface area (Å²) in [5, 5.41) is 3.19. The molecule has 0 aliphatic carbocycles. The summed E-state index contributed by atoms with van der Waals surface area (Å²) in [7, 11) is 2.13. The Bertz CT molecular complexity index is 439. The van der Waals surface area contributed by atoms with Crippen molar-refractivity contribution < 1.29 is 4.79 Å². The molecule has 0 aromatic heterocycles. The Labute approximate surface area is 108 Å². The lowest BCUT2D eigenvalue weighted by atomic mass is 9.82. The lowest BCUT2D eigenvalue weighted by molar-refractivity contribution is 0.0881. The lowest BCUT2D eigenvalue weighted by Gasteiger charge is -2.38. The first-order chi connectivity index (χ1) is 7.71.